The molecule has 1 aliphatic rings. The van der Waals surface area contributed by atoms with E-state index in [0.717, 1.165) is 0 Å². The van der Waals surface area contributed by atoms with Crippen molar-refractivity contribution in [2.24, 2.45) is 17.8 Å². The third-order valence-electron chi connectivity index (χ3n) is 8.26. The predicted octanol–water partition coefficient (Wildman–Crippen LogP) is 0.900. The molecule has 1 heterocycles. The van der Waals surface area contributed by atoms with Crippen molar-refractivity contribution in [2.45, 2.75) is 84.5 Å². The van der Waals surface area contributed by atoms with Gasteiger partial charge in [0, 0.05) is 37.6 Å². The van der Waals surface area contributed by atoms with Crippen molar-refractivity contribution in [3.63, 3.8) is 0 Å². The van der Waals surface area contributed by atoms with Crippen LogP contribution in [-0.2, 0) is 49.5 Å². The maximum absolute atomic E-state index is 13.2. The zero-order chi connectivity index (χ0) is 39.7. The SMILES string of the molecule is CC(C)C(=O)C(OCNC(=O)CNC(=O)[C@H](Cc1ccccc1)NC(=O)CNC(=O)CNC(=O)CCCCCN1C(=O)CC(C(C)C)C1=O)C(F)(F)F. The molecule has 294 valence electrons. The number of likely N-dealkylation sites (tertiary alicyclic amines) is 1. The molecule has 1 fully saturated rings. The lowest BCUT2D eigenvalue weighted by Crippen LogP contribution is -2.52. The molecule has 1 saturated heterocycles. The van der Waals surface area contributed by atoms with Gasteiger partial charge in [-0.15, -0.1) is 0 Å². The number of carbonyl (C=O) groups excluding carboxylic acids is 8. The Morgan fingerprint density at radius 2 is 1.42 bits per heavy atom. The fourth-order valence-corrected chi connectivity index (χ4v) is 5.21. The Labute approximate surface area is 305 Å². The van der Waals surface area contributed by atoms with Crippen molar-refractivity contribution in [1.82, 2.24) is 31.5 Å². The highest BCUT2D eigenvalue weighted by atomic mass is 19.4. The monoisotopic (exact) mass is 754 g/mol. The van der Waals surface area contributed by atoms with Gasteiger partial charge in [-0.3, -0.25) is 43.3 Å². The second-order valence-corrected chi connectivity index (χ2v) is 13.2. The highest BCUT2D eigenvalue weighted by molar-refractivity contribution is 6.03. The van der Waals surface area contributed by atoms with Gasteiger partial charge in [0.15, 0.2) is 5.78 Å². The number of hydrogen-bond donors (Lipinski definition) is 5. The van der Waals surface area contributed by atoms with Crippen molar-refractivity contribution < 1.29 is 56.3 Å². The van der Waals surface area contributed by atoms with Gasteiger partial charge >= 0.3 is 6.18 Å². The van der Waals surface area contributed by atoms with Crippen molar-refractivity contribution in [1.29, 1.82) is 0 Å². The summed E-state index contributed by atoms with van der Waals surface area (Å²) in [6, 6.07) is 7.29. The van der Waals surface area contributed by atoms with Crippen LogP contribution in [0.3, 0.4) is 0 Å². The summed E-state index contributed by atoms with van der Waals surface area (Å²) in [4.78, 5) is 99.9. The number of hydrogen-bond acceptors (Lipinski definition) is 9. The molecule has 15 nitrogen and oxygen atoms in total. The van der Waals surface area contributed by atoms with Gasteiger partial charge in [0.2, 0.25) is 47.5 Å². The summed E-state index contributed by atoms with van der Waals surface area (Å²) in [5, 5.41) is 11.6. The summed E-state index contributed by atoms with van der Waals surface area (Å²) in [6.07, 6.45) is -5.81. The molecule has 0 bridgehead atoms. The van der Waals surface area contributed by atoms with E-state index in [0.29, 0.717) is 31.4 Å². The molecular formula is C35H49F3N6O9. The van der Waals surface area contributed by atoms with E-state index in [2.05, 4.69) is 26.0 Å². The molecule has 0 aliphatic carbocycles. The summed E-state index contributed by atoms with van der Waals surface area (Å²) in [5.41, 5.74) is 0.642. The molecule has 1 aromatic rings. The summed E-state index contributed by atoms with van der Waals surface area (Å²) in [7, 11) is 0. The second kappa shape index (κ2) is 21.6. The van der Waals surface area contributed by atoms with Crippen LogP contribution in [0.5, 0.6) is 0 Å². The number of amides is 7. The number of alkyl halides is 3. The predicted molar refractivity (Wildman–Crippen MR) is 183 cm³/mol. The molecule has 0 saturated carbocycles. The first kappa shape index (κ1) is 44.3. The van der Waals surface area contributed by atoms with Gasteiger partial charge in [-0.1, -0.05) is 64.4 Å². The van der Waals surface area contributed by atoms with Crippen LogP contribution in [0.15, 0.2) is 30.3 Å². The average molecular weight is 755 g/mol. The van der Waals surface area contributed by atoms with E-state index in [4.69, 9.17) is 0 Å². The molecule has 1 aromatic carbocycles. The Balaban J connectivity index is 1.75. The molecule has 5 N–H and O–H groups in total. The van der Waals surface area contributed by atoms with E-state index in [9.17, 15) is 51.5 Å². The van der Waals surface area contributed by atoms with Crippen LogP contribution < -0.4 is 26.6 Å². The van der Waals surface area contributed by atoms with Crippen LogP contribution in [0.1, 0.15) is 65.4 Å². The largest absolute Gasteiger partial charge is 0.421 e. The van der Waals surface area contributed by atoms with Crippen molar-refractivity contribution in [2.75, 3.05) is 32.9 Å². The zero-order valence-electron chi connectivity index (χ0n) is 30.3. The first-order valence-electron chi connectivity index (χ1n) is 17.4. The van der Waals surface area contributed by atoms with Crippen LogP contribution >= 0.6 is 0 Å². The van der Waals surface area contributed by atoms with Crippen molar-refractivity contribution in [3.05, 3.63) is 35.9 Å². The standard InChI is InChI=1S/C35H49F3N6O9/c1-21(2)24-16-30(49)44(34(24)52)14-10-6-9-13-26(45)39-17-27(46)40-19-29(48)43-25(15-23-11-7-5-8-12-23)33(51)41-18-28(47)42-20-53-32(35(36,37)38)31(50)22(3)4/h5,7-8,11-12,21-22,24-25,32H,6,9-10,13-20H2,1-4H3,(H,39,45)(H,40,46)(H,41,51)(H,42,47)(H,43,48)/t24?,25-,32?/m0/s1. The first-order valence-corrected chi connectivity index (χ1v) is 17.4. The lowest BCUT2D eigenvalue weighted by Gasteiger charge is -2.21. The lowest BCUT2D eigenvalue weighted by molar-refractivity contribution is -0.220. The number of rotatable bonds is 22. The number of nitrogens with one attached hydrogen (secondary N) is 5. The van der Waals surface area contributed by atoms with Gasteiger partial charge in [-0.2, -0.15) is 13.2 Å². The molecule has 18 heteroatoms. The number of ketones is 1. The molecule has 0 aromatic heterocycles. The minimum absolute atomic E-state index is 0.0131. The number of Topliss-reactive ketones (excluding diaryl/α,β-unsaturated/α-hetero) is 1. The van der Waals surface area contributed by atoms with Gasteiger partial charge in [-0.25, -0.2) is 0 Å². The molecule has 0 spiro atoms. The second-order valence-electron chi connectivity index (χ2n) is 13.2. The summed E-state index contributed by atoms with van der Waals surface area (Å²) < 4.78 is 44.1. The third-order valence-corrected chi connectivity index (χ3v) is 8.26. The van der Waals surface area contributed by atoms with Crippen LogP contribution in [0.25, 0.3) is 0 Å². The number of nitrogens with zero attached hydrogens (tertiary/aromatic N) is 1. The number of benzene rings is 1. The topological polar surface area (TPSA) is 209 Å². The smallest absolute Gasteiger partial charge is 0.347 e. The highest BCUT2D eigenvalue weighted by Crippen LogP contribution is 2.27. The molecule has 2 unspecified atom stereocenters. The Kier molecular flexibility index (Phi) is 18.1. The Morgan fingerprint density at radius 3 is 2.02 bits per heavy atom. The molecule has 3 atom stereocenters. The first-order chi connectivity index (χ1) is 24.9. The van der Waals surface area contributed by atoms with E-state index >= 15 is 0 Å². The maximum Gasteiger partial charge on any atom is 0.421 e. The zero-order valence-corrected chi connectivity index (χ0v) is 30.3. The molecule has 2 rings (SSSR count). The van der Waals surface area contributed by atoms with E-state index in [-0.39, 0.29) is 42.9 Å². The Morgan fingerprint density at radius 1 is 0.811 bits per heavy atom. The minimum atomic E-state index is -4.99. The maximum atomic E-state index is 13.2. The van der Waals surface area contributed by atoms with Gasteiger partial charge < -0.3 is 31.3 Å². The normalized spacial score (nSPS) is 15.6. The summed E-state index contributed by atoms with van der Waals surface area (Å²) in [6.45, 7) is 4.04. The summed E-state index contributed by atoms with van der Waals surface area (Å²) in [5.74, 6) is -6.32. The van der Waals surface area contributed by atoms with Crippen LogP contribution in [0, 0.1) is 17.8 Å². The Hall–Kier alpha value is -4.87. The molecule has 53 heavy (non-hydrogen) atoms. The van der Waals surface area contributed by atoms with Crippen LogP contribution in [-0.4, -0.2) is 103 Å². The van der Waals surface area contributed by atoms with Gasteiger partial charge in [0.25, 0.3) is 0 Å². The molecule has 1 aliphatic heterocycles. The molecule has 0 radical (unpaired) electrons. The van der Waals surface area contributed by atoms with Crippen LogP contribution in [0.4, 0.5) is 13.2 Å². The van der Waals surface area contributed by atoms with E-state index in [1.54, 1.807) is 30.3 Å². The average Bonchev–Trinajstić information content (AvgIpc) is 3.38. The summed E-state index contributed by atoms with van der Waals surface area (Å²) >= 11 is 0. The van der Waals surface area contributed by atoms with Crippen molar-refractivity contribution >= 4 is 47.1 Å². The van der Waals surface area contributed by atoms with Gasteiger partial charge in [-0.05, 0) is 24.3 Å². The fourth-order valence-electron chi connectivity index (χ4n) is 5.21. The fraction of sp³-hybridized carbons (Fsp3) is 0.600. The number of halogens is 3. The number of imide groups is 1. The minimum Gasteiger partial charge on any atom is -0.347 e. The van der Waals surface area contributed by atoms with E-state index in [1.165, 1.54) is 18.7 Å². The number of carbonyl (C=O) groups is 8. The number of unbranched alkanes of at least 4 members (excludes halogenated alkanes) is 2. The number of ether oxygens (including phenoxy) is 1. The van der Waals surface area contributed by atoms with Gasteiger partial charge in [0.05, 0.1) is 19.6 Å². The quantitative estimate of drug-likeness (QED) is 0.0647. The van der Waals surface area contributed by atoms with E-state index in [1.807, 2.05) is 19.2 Å². The molecular weight excluding hydrogens is 705 g/mol. The Bertz CT molecular complexity index is 1460. The van der Waals surface area contributed by atoms with Gasteiger partial charge in [0.1, 0.15) is 12.8 Å². The highest BCUT2D eigenvalue weighted by Gasteiger charge is 2.46. The van der Waals surface area contributed by atoms with Crippen LogP contribution in [0.2, 0.25) is 0 Å². The lowest BCUT2D eigenvalue weighted by atomic mass is 9.94. The molecule has 7 amide bonds. The van der Waals surface area contributed by atoms with E-state index < -0.39 is 85.9 Å². The van der Waals surface area contributed by atoms with Crippen molar-refractivity contribution in [3.8, 4) is 0 Å². The third kappa shape index (κ3) is 15.7.